The van der Waals surface area contributed by atoms with Crippen LogP contribution in [0.15, 0.2) is 24.3 Å². The van der Waals surface area contributed by atoms with Crippen LogP contribution in [0.25, 0.3) is 0 Å². The highest BCUT2D eigenvalue weighted by Gasteiger charge is 2.16. The van der Waals surface area contributed by atoms with E-state index in [9.17, 15) is 0 Å². The minimum atomic E-state index is 0. The van der Waals surface area contributed by atoms with Crippen molar-refractivity contribution in [1.29, 1.82) is 0 Å². The molecule has 3 nitrogen and oxygen atoms in total. The van der Waals surface area contributed by atoms with Gasteiger partial charge in [0, 0.05) is 12.6 Å². The van der Waals surface area contributed by atoms with Crippen LogP contribution < -0.4 is 10.1 Å². The fraction of sp³-hybridized carbons (Fsp3) is 0.625. The van der Waals surface area contributed by atoms with Crippen molar-refractivity contribution in [3.63, 3.8) is 0 Å². The first kappa shape index (κ1) is 17.3. The molecule has 0 saturated carbocycles. The van der Waals surface area contributed by atoms with Crippen molar-refractivity contribution in [2.45, 2.75) is 32.2 Å². The molecular weight excluding hydrogens is 272 g/mol. The molecule has 1 aromatic carbocycles. The fourth-order valence-corrected chi connectivity index (χ4v) is 2.64. The number of hydrogen-bond acceptors (Lipinski definition) is 3. The van der Waals surface area contributed by atoms with Gasteiger partial charge < -0.3 is 10.1 Å². The van der Waals surface area contributed by atoms with E-state index in [4.69, 9.17) is 4.74 Å². The first-order valence-corrected chi connectivity index (χ1v) is 7.36. The van der Waals surface area contributed by atoms with Gasteiger partial charge in [-0.1, -0.05) is 12.1 Å². The van der Waals surface area contributed by atoms with Crippen molar-refractivity contribution >= 4 is 12.4 Å². The molecule has 1 aliphatic rings. The Bertz CT molecular complexity index is 378. The number of ether oxygens (including phenoxy) is 1. The van der Waals surface area contributed by atoms with Gasteiger partial charge in [0.2, 0.25) is 0 Å². The Kier molecular flexibility index (Phi) is 7.97. The van der Waals surface area contributed by atoms with Gasteiger partial charge >= 0.3 is 0 Å². The highest BCUT2D eigenvalue weighted by atomic mass is 35.5. The summed E-state index contributed by atoms with van der Waals surface area (Å²) in [6.07, 6.45) is 3.84. The van der Waals surface area contributed by atoms with Crippen LogP contribution in [0, 0.1) is 6.92 Å². The molecule has 1 aromatic rings. The number of hydrogen-bond donors (Lipinski definition) is 1. The standard InChI is InChI=1S/C16H26N2O.ClH/c1-14-5-3-7-16(13-14)19-12-11-18(2)15-6-4-9-17-10-8-15;/h3,5,7,13,15,17H,4,6,8-12H2,1-2H3;1H. The largest absolute Gasteiger partial charge is 0.492 e. The average molecular weight is 299 g/mol. The zero-order valence-corrected chi connectivity index (χ0v) is 13.4. The average Bonchev–Trinajstić information content (AvgIpc) is 2.67. The summed E-state index contributed by atoms with van der Waals surface area (Å²) in [6, 6.07) is 8.97. The quantitative estimate of drug-likeness (QED) is 0.905. The van der Waals surface area contributed by atoms with Gasteiger partial charge in [0.1, 0.15) is 12.4 Å². The Morgan fingerprint density at radius 1 is 1.30 bits per heavy atom. The van der Waals surface area contributed by atoms with Gasteiger partial charge in [-0.25, -0.2) is 0 Å². The van der Waals surface area contributed by atoms with Crippen LogP contribution >= 0.6 is 12.4 Å². The predicted molar refractivity (Wildman–Crippen MR) is 87.1 cm³/mol. The van der Waals surface area contributed by atoms with Crippen LogP contribution in [0.1, 0.15) is 24.8 Å². The summed E-state index contributed by atoms with van der Waals surface area (Å²) in [5.74, 6) is 0.982. The summed E-state index contributed by atoms with van der Waals surface area (Å²) in [6.45, 7) is 6.18. The maximum Gasteiger partial charge on any atom is 0.119 e. The lowest BCUT2D eigenvalue weighted by Gasteiger charge is -2.26. The van der Waals surface area contributed by atoms with Gasteiger partial charge in [-0.05, 0) is 64.0 Å². The molecule has 0 aliphatic carbocycles. The summed E-state index contributed by atoms with van der Waals surface area (Å²) in [5.41, 5.74) is 1.25. The van der Waals surface area contributed by atoms with E-state index < -0.39 is 0 Å². The topological polar surface area (TPSA) is 24.5 Å². The predicted octanol–water partition coefficient (Wildman–Crippen LogP) is 2.87. The van der Waals surface area contributed by atoms with E-state index in [2.05, 4.69) is 36.3 Å². The van der Waals surface area contributed by atoms with E-state index in [0.29, 0.717) is 6.04 Å². The third-order valence-corrected chi connectivity index (χ3v) is 3.87. The molecule has 20 heavy (non-hydrogen) atoms. The van der Waals surface area contributed by atoms with Gasteiger partial charge in [-0.3, -0.25) is 4.90 Å². The molecule has 0 amide bonds. The second-order valence-corrected chi connectivity index (χ2v) is 5.48. The molecule has 0 spiro atoms. The van der Waals surface area contributed by atoms with Crippen LogP contribution in [-0.2, 0) is 0 Å². The lowest BCUT2D eigenvalue weighted by atomic mass is 10.1. The van der Waals surface area contributed by atoms with Gasteiger partial charge in [0.05, 0.1) is 0 Å². The van der Waals surface area contributed by atoms with Crippen LogP contribution in [0.2, 0.25) is 0 Å². The summed E-state index contributed by atoms with van der Waals surface area (Å²) in [5, 5.41) is 3.46. The van der Waals surface area contributed by atoms with E-state index in [1.54, 1.807) is 0 Å². The van der Waals surface area contributed by atoms with Crippen molar-refractivity contribution in [3.8, 4) is 5.75 Å². The lowest BCUT2D eigenvalue weighted by Crippen LogP contribution is -2.35. The van der Waals surface area contributed by atoms with Crippen molar-refractivity contribution in [2.24, 2.45) is 0 Å². The Balaban J connectivity index is 0.00000200. The molecule has 2 rings (SSSR count). The zero-order valence-electron chi connectivity index (χ0n) is 12.6. The lowest BCUT2D eigenvalue weighted by molar-refractivity contribution is 0.180. The number of halogens is 1. The summed E-state index contributed by atoms with van der Waals surface area (Å²) in [4.78, 5) is 2.45. The molecule has 4 heteroatoms. The molecule has 114 valence electrons. The Morgan fingerprint density at radius 3 is 2.95 bits per heavy atom. The summed E-state index contributed by atoms with van der Waals surface area (Å²) < 4.78 is 5.82. The number of benzene rings is 1. The molecule has 1 aliphatic heterocycles. The van der Waals surface area contributed by atoms with Gasteiger partial charge in [0.25, 0.3) is 0 Å². The smallest absolute Gasteiger partial charge is 0.119 e. The first-order chi connectivity index (χ1) is 9.25. The molecular formula is C16H27ClN2O. The Labute approximate surface area is 129 Å². The molecule has 1 fully saturated rings. The van der Waals surface area contributed by atoms with Crippen LogP contribution in [-0.4, -0.2) is 44.2 Å². The monoisotopic (exact) mass is 298 g/mol. The Morgan fingerprint density at radius 2 is 2.15 bits per heavy atom. The molecule has 1 unspecified atom stereocenters. The minimum Gasteiger partial charge on any atom is -0.492 e. The molecule has 0 aromatic heterocycles. The zero-order chi connectivity index (χ0) is 13.5. The third kappa shape index (κ3) is 5.70. The fourth-order valence-electron chi connectivity index (χ4n) is 2.64. The second kappa shape index (κ2) is 9.22. The maximum atomic E-state index is 5.82. The maximum absolute atomic E-state index is 5.82. The van der Waals surface area contributed by atoms with E-state index in [1.165, 1.54) is 31.4 Å². The summed E-state index contributed by atoms with van der Waals surface area (Å²) in [7, 11) is 2.22. The number of rotatable bonds is 5. The van der Waals surface area contributed by atoms with E-state index in [0.717, 1.165) is 25.4 Å². The number of nitrogens with one attached hydrogen (secondary N) is 1. The summed E-state index contributed by atoms with van der Waals surface area (Å²) >= 11 is 0. The highest BCUT2D eigenvalue weighted by Crippen LogP contribution is 2.14. The van der Waals surface area contributed by atoms with Crippen molar-refractivity contribution in [1.82, 2.24) is 10.2 Å². The normalized spacial score (nSPS) is 19.2. The van der Waals surface area contributed by atoms with E-state index in [-0.39, 0.29) is 12.4 Å². The van der Waals surface area contributed by atoms with Crippen molar-refractivity contribution < 1.29 is 4.74 Å². The molecule has 0 radical (unpaired) electrons. The molecule has 1 atom stereocenters. The molecule has 1 N–H and O–H groups in total. The van der Waals surface area contributed by atoms with Crippen LogP contribution in [0.3, 0.4) is 0 Å². The Hall–Kier alpha value is -0.770. The van der Waals surface area contributed by atoms with Gasteiger partial charge in [-0.2, -0.15) is 0 Å². The minimum absolute atomic E-state index is 0. The first-order valence-electron chi connectivity index (χ1n) is 7.36. The third-order valence-electron chi connectivity index (χ3n) is 3.87. The SMILES string of the molecule is Cc1cccc(OCCN(C)C2CCCNCC2)c1.Cl. The van der Waals surface area contributed by atoms with Gasteiger partial charge in [-0.15, -0.1) is 12.4 Å². The van der Waals surface area contributed by atoms with Crippen molar-refractivity contribution in [2.75, 3.05) is 33.3 Å². The molecule has 1 saturated heterocycles. The number of aryl methyl sites for hydroxylation is 1. The van der Waals surface area contributed by atoms with Crippen LogP contribution in [0.5, 0.6) is 5.75 Å². The number of likely N-dealkylation sites (N-methyl/N-ethyl adjacent to an activating group) is 1. The van der Waals surface area contributed by atoms with Crippen LogP contribution in [0.4, 0.5) is 0 Å². The van der Waals surface area contributed by atoms with E-state index in [1.807, 2.05) is 12.1 Å². The second-order valence-electron chi connectivity index (χ2n) is 5.48. The molecule has 1 heterocycles. The van der Waals surface area contributed by atoms with E-state index >= 15 is 0 Å². The van der Waals surface area contributed by atoms with Gasteiger partial charge in [0.15, 0.2) is 0 Å². The molecule has 0 bridgehead atoms. The highest BCUT2D eigenvalue weighted by molar-refractivity contribution is 5.85. The number of nitrogens with zero attached hydrogens (tertiary/aromatic N) is 1. The van der Waals surface area contributed by atoms with Crippen molar-refractivity contribution in [3.05, 3.63) is 29.8 Å².